The molecule has 2 N–H and O–H groups in total. The fourth-order valence-electron chi connectivity index (χ4n) is 0. The van der Waals surface area contributed by atoms with Crippen LogP contribution in [0.1, 0.15) is 0 Å². The number of hydrogen-bond acceptors (Lipinski definition) is 2. The van der Waals surface area contributed by atoms with Crippen LogP contribution in [0.25, 0.3) is 0 Å². The molecule has 0 aromatic carbocycles. The summed E-state index contributed by atoms with van der Waals surface area (Å²) >= 11 is 2.41. The molecule has 0 heterocycles. The zero-order chi connectivity index (χ0) is 4.00. The van der Waals surface area contributed by atoms with Gasteiger partial charge in [-0.15, -0.1) is 0 Å². The monoisotopic (exact) mass is 124 g/mol. The van der Waals surface area contributed by atoms with Crippen LogP contribution < -0.4 is 0 Å². The standard InChI is InChI=1S/ClH.Mn.H2O2/c;;1-2/h1H;;1-2H/q;+1;/p-1. The Morgan fingerprint density at radius 1 is 1.25 bits per heavy atom. The van der Waals surface area contributed by atoms with E-state index in [1.54, 1.807) is 0 Å². The van der Waals surface area contributed by atoms with E-state index < -0.39 is 0 Å². The molecule has 0 aromatic heterocycles. The van der Waals surface area contributed by atoms with Crippen LogP contribution in [0.3, 0.4) is 0 Å². The number of hydrogen-bond donors (Lipinski definition) is 2. The van der Waals surface area contributed by atoms with E-state index in [0.717, 1.165) is 0 Å². The van der Waals surface area contributed by atoms with E-state index in [4.69, 9.17) is 10.5 Å². The molecule has 2 nitrogen and oxygen atoms in total. The molecule has 0 aromatic rings. The molecule has 0 rings (SSSR count). The van der Waals surface area contributed by atoms with Crippen LogP contribution in [0.4, 0.5) is 0 Å². The van der Waals surface area contributed by atoms with Crippen LogP contribution in [0.2, 0.25) is 0 Å². The molecule has 0 fully saturated rings. The van der Waals surface area contributed by atoms with Crippen molar-refractivity contribution < 1.29 is 25.6 Å². The topological polar surface area (TPSA) is 40.5 Å². The van der Waals surface area contributed by atoms with Crippen molar-refractivity contribution in [2.45, 2.75) is 0 Å². The van der Waals surface area contributed by atoms with E-state index in [-0.39, 0.29) is 0 Å². The Morgan fingerprint density at radius 3 is 1.25 bits per heavy atom. The fourth-order valence-corrected chi connectivity index (χ4v) is 0. The molecule has 0 spiro atoms. The van der Waals surface area contributed by atoms with Crippen molar-refractivity contribution in [1.82, 2.24) is 0 Å². The second-order valence-electron chi connectivity index (χ2n) is 0. The summed E-state index contributed by atoms with van der Waals surface area (Å²) in [6, 6.07) is 0. The molecule has 0 aliphatic carbocycles. The van der Waals surface area contributed by atoms with Crippen LogP contribution in [0.5, 0.6) is 0 Å². The molecule has 0 saturated heterocycles. The van der Waals surface area contributed by atoms with Gasteiger partial charge in [-0.05, 0) is 0 Å². The Morgan fingerprint density at radius 2 is 1.25 bits per heavy atom. The molecule has 4 heavy (non-hydrogen) atoms. The van der Waals surface area contributed by atoms with Crippen molar-refractivity contribution in [2.24, 2.45) is 0 Å². The van der Waals surface area contributed by atoms with Gasteiger partial charge < -0.3 is 0 Å². The zero-order valence-electron chi connectivity index (χ0n) is 1.65. The van der Waals surface area contributed by atoms with Gasteiger partial charge in [-0.1, -0.05) is 0 Å². The third-order valence-electron chi connectivity index (χ3n) is 0. The van der Waals surface area contributed by atoms with Gasteiger partial charge in [0.2, 0.25) is 0 Å². The maximum absolute atomic E-state index is 6.00. The predicted molar refractivity (Wildman–Crippen MR) is 11.1 cm³/mol. The van der Waals surface area contributed by atoms with Gasteiger partial charge in [-0.2, -0.15) is 0 Å². The van der Waals surface area contributed by atoms with Gasteiger partial charge >= 0.3 is 25.2 Å². The molecule has 28 valence electrons. The van der Waals surface area contributed by atoms with Gasteiger partial charge in [0.05, 0.1) is 0 Å². The molecule has 0 radical (unpaired) electrons. The van der Waals surface area contributed by atoms with Crippen molar-refractivity contribution in [1.29, 1.82) is 0 Å². The van der Waals surface area contributed by atoms with Gasteiger partial charge in [0.15, 0.2) is 0 Å². The number of halogens is 1. The summed E-state index contributed by atoms with van der Waals surface area (Å²) in [6.45, 7) is 0. The van der Waals surface area contributed by atoms with Crippen molar-refractivity contribution in [2.75, 3.05) is 0 Å². The average molecular weight is 124 g/mol. The predicted octanol–water partition coefficient (Wildman–Crippen LogP) is 0.704. The molecule has 4 heteroatoms. The van der Waals surface area contributed by atoms with E-state index in [0.29, 0.717) is 0 Å². The summed E-state index contributed by atoms with van der Waals surface area (Å²) in [5, 5.41) is 12.0. The molecule has 0 unspecified atom stereocenters. The van der Waals surface area contributed by atoms with Crippen LogP contribution in [-0.2, 0) is 15.1 Å². The van der Waals surface area contributed by atoms with E-state index in [1.165, 1.54) is 0 Å². The quantitative estimate of drug-likeness (QED) is 0.284. The molecular formula is H2ClMnO2. The minimum absolute atomic E-state index is 2.41. The van der Waals surface area contributed by atoms with Crippen molar-refractivity contribution in [3.8, 4) is 0 Å². The van der Waals surface area contributed by atoms with Gasteiger partial charge in [-0.25, -0.2) is 0 Å². The van der Waals surface area contributed by atoms with Gasteiger partial charge in [0, 0.05) is 0 Å². The zero-order valence-corrected chi connectivity index (χ0v) is 3.59. The van der Waals surface area contributed by atoms with Gasteiger partial charge in [-0.3, -0.25) is 10.5 Å². The Balaban J connectivity index is 0. The summed E-state index contributed by atoms with van der Waals surface area (Å²) in [5.41, 5.74) is 0. The van der Waals surface area contributed by atoms with Crippen LogP contribution >= 0.6 is 10.1 Å². The first-order valence-corrected chi connectivity index (χ1v) is 1.97. The number of rotatable bonds is 0. The first-order chi connectivity index (χ1) is 2.00. The molecule has 0 atom stereocenters. The summed E-state index contributed by atoms with van der Waals surface area (Å²) in [6.07, 6.45) is 0. The van der Waals surface area contributed by atoms with E-state index in [2.05, 4.69) is 25.2 Å². The SMILES string of the molecule is OO.[Cl][Mn]. The van der Waals surface area contributed by atoms with Crippen LogP contribution in [0, 0.1) is 0 Å². The second kappa shape index (κ2) is 52.2. The van der Waals surface area contributed by atoms with Crippen molar-refractivity contribution in [3.63, 3.8) is 0 Å². The molecule has 0 aliphatic rings. The van der Waals surface area contributed by atoms with E-state index >= 15 is 0 Å². The third kappa shape index (κ3) is 15.3. The Bertz CT molecular complexity index is 6.00. The van der Waals surface area contributed by atoms with Crippen molar-refractivity contribution in [3.05, 3.63) is 0 Å². The molecule has 0 aliphatic heterocycles. The maximum atomic E-state index is 6.00. The van der Waals surface area contributed by atoms with Gasteiger partial charge in [0.1, 0.15) is 0 Å². The summed E-state index contributed by atoms with van der Waals surface area (Å²) in [4.78, 5) is 0. The molecule has 0 bridgehead atoms. The normalized spacial score (nSPS) is 3.00. The third-order valence-corrected chi connectivity index (χ3v) is 0. The Hall–Kier alpha value is 0.729. The van der Waals surface area contributed by atoms with Crippen LogP contribution in [-0.4, -0.2) is 10.5 Å². The van der Waals surface area contributed by atoms with Crippen molar-refractivity contribution >= 4 is 10.1 Å². The van der Waals surface area contributed by atoms with Gasteiger partial charge in [0.25, 0.3) is 0 Å². The molecule has 0 saturated carbocycles. The first-order valence-electron chi connectivity index (χ1n) is 0.343. The van der Waals surface area contributed by atoms with E-state index in [9.17, 15) is 0 Å². The molecular weight excluding hydrogens is 122 g/mol. The fraction of sp³-hybridized carbons (Fsp3) is 0. The first kappa shape index (κ1) is 8.83. The second-order valence-corrected chi connectivity index (χ2v) is 0. The average Bonchev–Trinajstić information content (AvgIpc) is 1.50. The minimum atomic E-state index is 2.41. The Labute approximate surface area is 36.4 Å². The van der Waals surface area contributed by atoms with Crippen LogP contribution in [0.15, 0.2) is 0 Å². The summed E-state index contributed by atoms with van der Waals surface area (Å²) in [5.74, 6) is 0. The summed E-state index contributed by atoms with van der Waals surface area (Å²) < 4.78 is 0. The molecule has 0 amide bonds. The van der Waals surface area contributed by atoms with E-state index in [1.807, 2.05) is 0 Å². The summed E-state index contributed by atoms with van der Waals surface area (Å²) in [7, 11) is 4.45. The Kier molecular flexibility index (Phi) is 115.